The van der Waals surface area contributed by atoms with Crippen LogP contribution < -0.4 is 4.74 Å². The molecule has 1 aliphatic rings. The maximum atomic E-state index is 10.4. The lowest BCUT2D eigenvalue weighted by molar-refractivity contribution is 0.340. The van der Waals surface area contributed by atoms with Gasteiger partial charge in [0.15, 0.2) is 0 Å². The molecular formula is C12H12ClNO2. The van der Waals surface area contributed by atoms with E-state index in [0.29, 0.717) is 17.4 Å². The lowest BCUT2D eigenvalue weighted by Crippen LogP contribution is -2.03. The van der Waals surface area contributed by atoms with Crippen LogP contribution in [0.15, 0.2) is 23.2 Å². The fourth-order valence-electron chi connectivity index (χ4n) is 1.73. The number of hydrogen-bond donors (Lipinski definition) is 0. The summed E-state index contributed by atoms with van der Waals surface area (Å²) < 4.78 is 5.41. The molecule has 1 aromatic carbocycles. The van der Waals surface area contributed by atoms with Crippen molar-refractivity contribution in [3.05, 3.63) is 28.8 Å². The SMILES string of the molecule is CCOc1cc(C2(N=C=O)CC2)ccc1Cl. The van der Waals surface area contributed by atoms with Crippen LogP contribution in [0.3, 0.4) is 0 Å². The van der Waals surface area contributed by atoms with Crippen LogP contribution in [0.25, 0.3) is 0 Å². The molecule has 0 unspecified atom stereocenters. The highest BCUT2D eigenvalue weighted by Gasteiger charge is 2.45. The molecule has 1 fully saturated rings. The highest BCUT2D eigenvalue weighted by atomic mass is 35.5. The van der Waals surface area contributed by atoms with Gasteiger partial charge in [-0.25, -0.2) is 4.79 Å². The number of rotatable bonds is 4. The van der Waals surface area contributed by atoms with Crippen molar-refractivity contribution in [1.29, 1.82) is 0 Å². The summed E-state index contributed by atoms with van der Waals surface area (Å²) in [6, 6.07) is 5.53. The molecule has 0 amide bonds. The molecule has 0 atom stereocenters. The third-order valence-corrected chi connectivity index (χ3v) is 3.06. The maximum absolute atomic E-state index is 10.4. The van der Waals surface area contributed by atoms with Gasteiger partial charge in [-0.1, -0.05) is 17.7 Å². The van der Waals surface area contributed by atoms with E-state index in [1.54, 1.807) is 12.1 Å². The Morgan fingerprint density at radius 2 is 2.31 bits per heavy atom. The molecule has 3 nitrogen and oxygen atoms in total. The molecule has 4 heteroatoms. The van der Waals surface area contributed by atoms with E-state index < -0.39 is 0 Å². The molecule has 1 aromatic rings. The number of isocyanates is 1. The summed E-state index contributed by atoms with van der Waals surface area (Å²) in [7, 11) is 0. The van der Waals surface area contributed by atoms with Gasteiger partial charge in [0.1, 0.15) is 5.75 Å². The average molecular weight is 238 g/mol. The molecule has 2 rings (SSSR count). The Balaban J connectivity index is 2.36. The van der Waals surface area contributed by atoms with Gasteiger partial charge in [0.25, 0.3) is 0 Å². The van der Waals surface area contributed by atoms with Crippen molar-refractivity contribution < 1.29 is 9.53 Å². The zero-order valence-corrected chi connectivity index (χ0v) is 9.75. The minimum absolute atomic E-state index is 0.363. The van der Waals surface area contributed by atoms with Crippen LogP contribution in [0.4, 0.5) is 0 Å². The molecule has 0 aromatic heterocycles. The minimum atomic E-state index is -0.363. The van der Waals surface area contributed by atoms with Gasteiger partial charge in [0.05, 0.1) is 17.2 Å². The summed E-state index contributed by atoms with van der Waals surface area (Å²) in [6.07, 6.45) is 3.40. The van der Waals surface area contributed by atoms with Crippen molar-refractivity contribution in [2.45, 2.75) is 25.3 Å². The molecule has 0 N–H and O–H groups in total. The van der Waals surface area contributed by atoms with Gasteiger partial charge < -0.3 is 4.74 Å². The predicted octanol–water partition coefficient (Wildman–Crippen LogP) is 3.06. The highest BCUT2D eigenvalue weighted by molar-refractivity contribution is 6.32. The van der Waals surface area contributed by atoms with E-state index in [1.807, 2.05) is 19.1 Å². The maximum Gasteiger partial charge on any atom is 0.235 e. The van der Waals surface area contributed by atoms with Crippen molar-refractivity contribution in [2.24, 2.45) is 4.99 Å². The molecule has 0 spiro atoms. The summed E-state index contributed by atoms with van der Waals surface area (Å²) >= 11 is 5.99. The third kappa shape index (κ3) is 1.97. The minimum Gasteiger partial charge on any atom is -0.492 e. The fourth-order valence-corrected chi connectivity index (χ4v) is 1.90. The molecular weight excluding hydrogens is 226 g/mol. The fraction of sp³-hybridized carbons (Fsp3) is 0.417. The van der Waals surface area contributed by atoms with E-state index >= 15 is 0 Å². The first-order valence-corrected chi connectivity index (χ1v) is 5.61. The lowest BCUT2D eigenvalue weighted by atomic mass is 10.1. The summed E-state index contributed by atoms with van der Waals surface area (Å²) in [5, 5.41) is 0.580. The average Bonchev–Trinajstić information content (AvgIpc) is 3.03. The number of benzene rings is 1. The van der Waals surface area contributed by atoms with E-state index in [0.717, 1.165) is 18.4 Å². The molecule has 0 heterocycles. The second-order valence-corrected chi connectivity index (χ2v) is 4.22. The topological polar surface area (TPSA) is 38.7 Å². The smallest absolute Gasteiger partial charge is 0.235 e. The molecule has 84 valence electrons. The zero-order valence-electron chi connectivity index (χ0n) is 9.00. The van der Waals surface area contributed by atoms with Gasteiger partial charge in [0, 0.05) is 0 Å². The van der Waals surface area contributed by atoms with E-state index in [-0.39, 0.29) is 5.54 Å². The Bertz CT molecular complexity index is 448. The van der Waals surface area contributed by atoms with Crippen LogP contribution in [0.2, 0.25) is 5.02 Å². The molecule has 16 heavy (non-hydrogen) atoms. The zero-order chi connectivity index (χ0) is 11.6. The number of hydrogen-bond acceptors (Lipinski definition) is 3. The van der Waals surface area contributed by atoms with Gasteiger partial charge in [0.2, 0.25) is 6.08 Å². The highest BCUT2D eigenvalue weighted by Crippen LogP contribution is 2.50. The Labute approximate surface area is 99.1 Å². The van der Waals surface area contributed by atoms with Gasteiger partial charge >= 0.3 is 0 Å². The Morgan fingerprint density at radius 1 is 1.56 bits per heavy atom. The molecule has 1 aliphatic carbocycles. The summed E-state index contributed by atoms with van der Waals surface area (Å²) in [5.41, 5.74) is 0.613. The molecule has 0 aliphatic heterocycles. The number of halogens is 1. The molecule has 0 saturated heterocycles. The predicted molar refractivity (Wildman–Crippen MR) is 61.7 cm³/mol. The van der Waals surface area contributed by atoms with Gasteiger partial charge in [-0.2, -0.15) is 4.99 Å². The van der Waals surface area contributed by atoms with E-state index in [2.05, 4.69) is 4.99 Å². The van der Waals surface area contributed by atoms with Crippen molar-refractivity contribution in [3.63, 3.8) is 0 Å². The summed E-state index contributed by atoms with van der Waals surface area (Å²) in [5.74, 6) is 0.647. The van der Waals surface area contributed by atoms with Gasteiger partial charge in [-0.3, -0.25) is 0 Å². The molecule has 0 radical (unpaired) electrons. The van der Waals surface area contributed by atoms with Gasteiger partial charge in [-0.15, -0.1) is 0 Å². The normalized spacial score (nSPS) is 16.4. The van der Waals surface area contributed by atoms with E-state index in [1.165, 1.54) is 0 Å². The third-order valence-electron chi connectivity index (χ3n) is 2.75. The largest absolute Gasteiger partial charge is 0.492 e. The second kappa shape index (κ2) is 4.28. The van der Waals surface area contributed by atoms with Crippen LogP contribution in [0.1, 0.15) is 25.3 Å². The first-order chi connectivity index (χ1) is 7.72. The first kappa shape index (κ1) is 11.2. The van der Waals surface area contributed by atoms with Crippen molar-refractivity contribution in [3.8, 4) is 5.75 Å². The Morgan fingerprint density at radius 3 is 2.88 bits per heavy atom. The van der Waals surface area contributed by atoms with E-state index in [4.69, 9.17) is 16.3 Å². The van der Waals surface area contributed by atoms with Crippen LogP contribution in [-0.2, 0) is 10.3 Å². The van der Waals surface area contributed by atoms with Gasteiger partial charge in [-0.05, 0) is 37.5 Å². The van der Waals surface area contributed by atoms with Crippen molar-refractivity contribution in [2.75, 3.05) is 6.61 Å². The van der Waals surface area contributed by atoms with Crippen LogP contribution in [-0.4, -0.2) is 12.7 Å². The quantitative estimate of drug-likeness (QED) is 0.596. The summed E-state index contributed by atoms with van der Waals surface area (Å²) in [4.78, 5) is 14.2. The number of nitrogens with zero attached hydrogens (tertiary/aromatic N) is 1. The first-order valence-electron chi connectivity index (χ1n) is 5.24. The molecule has 1 saturated carbocycles. The second-order valence-electron chi connectivity index (χ2n) is 3.81. The Hall–Kier alpha value is -1.31. The standard InChI is InChI=1S/C12H12ClNO2/c1-2-16-11-7-9(3-4-10(11)13)12(5-6-12)14-8-15/h3-4,7H,2,5-6H2,1H3. The molecule has 0 bridgehead atoms. The number of aliphatic imine (C=N–C) groups is 1. The Kier molecular flexibility index (Phi) is 2.99. The van der Waals surface area contributed by atoms with Crippen LogP contribution in [0.5, 0.6) is 5.75 Å². The van der Waals surface area contributed by atoms with Crippen LogP contribution in [0, 0.1) is 0 Å². The summed E-state index contributed by atoms with van der Waals surface area (Å²) in [6.45, 7) is 2.46. The lowest BCUT2D eigenvalue weighted by Gasteiger charge is -2.11. The number of carbonyl (C=O) groups excluding carboxylic acids is 1. The van der Waals surface area contributed by atoms with E-state index in [9.17, 15) is 4.79 Å². The monoisotopic (exact) mass is 237 g/mol. The van der Waals surface area contributed by atoms with Crippen molar-refractivity contribution >= 4 is 17.7 Å². The van der Waals surface area contributed by atoms with Crippen LogP contribution >= 0.6 is 11.6 Å². The number of ether oxygens (including phenoxy) is 1. The van der Waals surface area contributed by atoms with Crippen molar-refractivity contribution in [1.82, 2.24) is 0 Å².